The second-order valence-corrected chi connectivity index (χ2v) is 14.6. The molecule has 1 fully saturated rings. The molecule has 0 aliphatic carbocycles. The van der Waals surface area contributed by atoms with Crippen molar-refractivity contribution >= 4 is 46.4 Å². The first-order valence-corrected chi connectivity index (χ1v) is 19.4. The van der Waals surface area contributed by atoms with E-state index in [9.17, 15) is 20.4 Å². The predicted molar refractivity (Wildman–Crippen MR) is 230 cm³/mol. The van der Waals surface area contributed by atoms with Gasteiger partial charge in [0, 0.05) is 44.3 Å². The zero-order valence-corrected chi connectivity index (χ0v) is 31.5. The van der Waals surface area contributed by atoms with Crippen LogP contribution >= 0.6 is 0 Å². The van der Waals surface area contributed by atoms with Gasteiger partial charge in [-0.05, 0) is 83.0 Å². The van der Waals surface area contributed by atoms with Crippen LogP contribution in [-0.4, -0.2) is 71.3 Å². The van der Waals surface area contributed by atoms with Crippen LogP contribution < -0.4 is 4.74 Å². The Balaban J connectivity index is 1.24. The highest BCUT2D eigenvalue weighted by Gasteiger charge is 2.44. The fraction of sp³-hybridized carbons (Fsp3) is 0.102. The number of H-pyrrole nitrogens is 2. The van der Waals surface area contributed by atoms with Crippen LogP contribution in [0, 0.1) is 0 Å². The first-order valence-electron chi connectivity index (χ1n) is 19.4. The molecule has 10 heteroatoms. The summed E-state index contributed by atoms with van der Waals surface area (Å²) >= 11 is 0. The van der Waals surface area contributed by atoms with Crippen LogP contribution in [0.2, 0.25) is 0 Å². The number of nitrogens with zero attached hydrogens (tertiary/aromatic N) is 2. The maximum absolute atomic E-state index is 10.5. The fourth-order valence-electron chi connectivity index (χ4n) is 8.00. The summed E-state index contributed by atoms with van der Waals surface area (Å²) in [6.07, 6.45) is 0.183. The third kappa shape index (κ3) is 6.74. The minimum absolute atomic E-state index is 0.317. The standard InChI is InChI=1S/C49H38N4O6/c54-45-46(55)48(57)59-49(47(45)56)58-32-18-16-31(17-19-32)44-39-26-24-37(52-39)42(29-12-6-2-7-13-29)35-22-20-33(50-35)41(28-10-4-1-5-11-28)34-21-23-36(51-34)43(30-14-8-3-9-15-30)38-25-27-40(44)53-38/h1-27,45-50,53-57H/t45-,46-,47+,48-,49?/m0/s1. The fourth-order valence-corrected chi connectivity index (χ4v) is 8.00. The van der Waals surface area contributed by atoms with E-state index < -0.39 is 30.9 Å². The Morgan fingerprint density at radius 3 is 1.14 bits per heavy atom. The van der Waals surface area contributed by atoms with Crippen LogP contribution in [0.4, 0.5) is 0 Å². The van der Waals surface area contributed by atoms with Crippen molar-refractivity contribution in [3.8, 4) is 50.3 Å². The second-order valence-electron chi connectivity index (χ2n) is 14.6. The van der Waals surface area contributed by atoms with E-state index in [1.54, 1.807) is 12.1 Å². The van der Waals surface area contributed by atoms with Crippen molar-refractivity contribution < 1.29 is 29.9 Å². The number of aliphatic hydroxyl groups excluding tert-OH is 4. The number of nitrogens with one attached hydrogen (secondary N) is 2. The summed E-state index contributed by atoms with van der Waals surface area (Å²) in [5.74, 6) is 0.317. The zero-order chi connectivity index (χ0) is 40.0. The normalized spacial score (nSPS) is 19.8. The molecule has 10 nitrogen and oxygen atoms in total. The Hall–Kier alpha value is -6.92. The summed E-state index contributed by atoms with van der Waals surface area (Å²) in [7, 11) is 0. The number of aromatic nitrogens is 4. The van der Waals surface area contributed by atoms with Gasteiger partial charge in [-0.15, -0.1) is 0 Å². The Kier molecular flexibility index (Phi) is 9.33. The lowest BCUT2D eigenvalue weighted by atomic mass is 10.0. The summed E-state index contributed by atoms with van der Waals surface area (Å²) in [5, 5.41) is 40.7. The van der Waals surface area contributed by atoms with Gasteiger partial charge in [0.15, 0.2) is 6.29 Å². The van der Waals surface area contributed by atoms with Crippen LogP contribution in [0.5, 0.6) is 5.75 Å². The zero-order valence-electron chi connectivity index (χ0n) is 31.5. The molecule has 5 atom stereocenters. The molecule has 7 aromatic rings. The number of hydrogen-bond acceptors (Lipinski definition) is 8. The molecule has 59 heavy (non-hydrogen) atoms. The van der Waals surface area contributed by atoms with Crippen molar-refractivity contribution in [2.75, 3.05) is 0 Å². The molecule has 10 rings (SSSR count). The lowest BCUT2D eigenvalue weighted by molar-refractivity contribution is -0.321. The summed E-state index contributed by atoms with van der Waals surface area (Å²) < 4.78 is 11.1. The van der Waals surface area contributed by atoms with E-state index in [1.165, 1.54) is 0 Å². The van der Waals surface area contributed by atoms with Gasteiger partial charge in [0.25, 0.3) is 0 Å². The van der Waals surface area contributed by atoms with Crippen LogP contribution in [0.1, 0.15) is 22.8 Å². The van der Waals surface area contributed by atoms with Gasteiger partial charge < -0.3 is 39.9 Å². The number of fused-ring (bicyclic) bond motifs is 8. The van der Waals surface area contributed by atoms with Crippen LogP contribution in [0.15, 0.2) is 140 Å². The maximum Gasteiger partial charge on any atom is 0.231 e. The Labute approximate surface area is 338 Å². The van der Waals surface area contributed by atoms with Crippen molar-refractivity contribution in [3.05, 3.63) is 162 Å². The Morgan fingerprint density at radius 1 is 0.407 bits per heavy atom. The first-order chi connectivity index (χ1) is 28.9. The molecular formula is C49H38N4O6. The van der Waals surface area contributed by atoms with Gasteiger partial charge in [0.05, 0.1) is 22.8 Å². The molecule has 3 aromatic heterocycles. The van der Waals surface area contributed by atoms with Crippen LogP contribution in [0.3, 0.4) is 0 Å². The first kappa shape index (κ1) is 36.4. The molecule has 4 aromatic carbocycles. The average molecular weight is 779 g/mol. The van der Waals surface area contributed by atoms with E-state index >= 15 is 0 Å². The van der Waals surface area contributed by atoms with Crippen LogP contribution in [0.25, 0.3) is 90.9 Å². The SMILES string of the molecule is O[C@H]1[C@H](O)[C@@H](O)C(Oc2ccc(-c3c4nc(c(-c5ccccc5)c5ccc([nH]5)c(-c5ccccc5)c5nc(c(-c6ccccc6)c6ccc3[nH]6)C=C5)C=C4)cc2)O[C@@H]1O. The van der Waals surface area contributed by atoms with Gasteiger partial charge in [-0.25, -0.2) is 9.97 Å². The van der Waals surface area contributed by atoms with Gasteiger partial charge in [-0.3, -0.25) is 0 Å². The van der Waals surface area contributed by atoms with E-state index in [4.69, 9.17) is 19.4 Å². The molecular weight excluding hydrogens is 741 g/mol. The van der Waals surface area contributed by atoms with E-state index in [2.05, 4.69) is 82.8 Å². The minimum Gasteiger partial charge on any atom is -0.462 e. The van der Waals surface area contributed by atoms with Crippen molar-refractivity contribution in [1.82, 2.24) is 19.9 Å². The number of hydrogen-bond donors (Lipinski definition) is 6. The molecule has 1 saturated heterocycles. The third-order valence-electron chi connectivity index (χ3n) is 10.9. The van der Waals surface area contributed by atoms with Gasteiger partial charge in [0.1, 0.15) is 24.1 Å². The van der Waals surface area contributed by atoms with Crippen molar-refractivity contribution in [2.45, 2.75) is 30.9 Å². The smallest absolute Gasteiger partial charge is 0.231 e. The molecule has 0 amide bonds. The molecule has 3 aliphatic rings. The van der Waals surface area contributed by atoms with Crippen LogP contribution in [-0.2, 0) is 4.74 Å². The van der Waals surface area contributed by atoms with Crippen molar-refractivity contribution in [3.63, 3.8) is 0 Å². The summed E-state index contributed by atoms with van der Waals surface area (Å²) in [4.78, 5) is 18.2. The molecule has 1 unspecified atom stereocenters. The predicted octanol–water partition coefficient (Wildman–Crippen LogP) is 8.46. The van der Waals surface area contributed by atoms with E-state index in [1.807, 2.05) is 78.9 Å². The molecule has 6 heterocycles. The van der Waals surface area contributed by atoms with Crippen molar-refractivity contribution in [2.24, 2.45) is 0 Å². The third-order valence-corrected chi connectivity index (χ3v) is 10.9. The lowest BCUT2D eigenvalue weighted by Crippen LogP contribution is -2.59. The van der Waals surface area contributed by atoms with Crippen molar-refractivity contribution in [1.29, 1.82) is 0 Å². The quantitative estimate of drug-likeness (QED) is 0.0982. The summed E-state index contributed by atoms with van der Waals surface area (Å²) in [6.45, 7) is 0. The second kappa shape index (κ2) is 15.1. The number of benzene rings is 4. The molecule has 6 N–H and O–H groups in total. The highest BCUT2D eigenvalue weighted by atomic mass is 16.7. The molecule has 3 aliphatic heterocycles. The van der Waals surface area contributed by atoms with Gasteiger partial charge in [-0.2, -0.15) is 0 Å². The highest BCUT2D eigenvalue weighted by molar-refractivity contribution is 5.99. The molecule has 0 radical (unpaired) electrons. The Bertz CT molecular complexity index is 2870. The topological polar surface area (TPSA) is 157 Å². The van der Waals surface area contributed by atoms with Gasteiger partial charge in [0.2, 0.25) is 6.29 Å². The molecule has 0 spiro atoms. The Morgan fingerprint density at radius 2 is 0.763 bits per heavy atom. The monoisotopic (exact) mass is 778 g/mol. The number of aromatic amines is 2. The number of ether oxygens (including phenoxy) is 2. The molecule has 8 bridgehead atoms. The maximum atomic E-state index is 10.5. The molecule has 0 saturated carbocycles. The van der Waals surface area contributed by atoms with E-state index in [0.717, 1.165) is 89.4 Å². The minimum atomic E-state index is -1.72. The largest absolute Gasteiger partial charge is 0.462 e. The number of aliphatic hydroxyl groups is 4. The van der Waals surface area contributed by atoms with Gasteiger partial charge >= 0.3 is 0 Å². The van der Waals surface area contributed by atoms with E-state index in [-0.39, 0.29) is 0 Å². The summed E-state index contributed by atoms with van der Waals surface area (Å²) in [5.41, 5.74) is 14.2. The number of rotatable bonds is 6. The van der Waals surface area contributed by atoms with E-state index in [0.29, 0.717) is 5.75 Å². The summed E-state index contributed by atoms with van der Waals surface area (Å²) in [6, 6.07) is 46.3. The lowest BCUT2D eigenvalue weighted by Gasteiger charge is -2.37. The highest BCUT2D eigenvalue weighted by Crippen LogP contribution is 2.39. The molecule has 290 valence electrons. The van der Waals surface area contributed by atoms with Gasteiger partial charge in [-0.1, -0.05) is 103 Å². The average Bonchev–Trinajstić information content (AvgIpc) is 4.12.